The number of carbonyl (C=O) groups is 1. The van der Waals surface area contributed by atoms with Crippen LogP contribution in [0.3, 0.4) is 0 Å². The molecule has 3 N–H and O–H groups in total. The molecule has 0 aromatic carbocycles. The minimum absolute atomic E-state index is 0.0465. The van der Waals surface area contributed by atoms with Gasteiger partial charge in [0.1, 0.15) is 16.5 Å². The molecule has 1 aliphatic heterocycles. The van der Waals surface area contributed by atoms with E-state index in [4.69, 9.17) is 10.5 Å². The highest BCUT2D eigenvalue weighted by molar-refractivity contribution is 7.89. The number of nitrogen functional groups attached to an aromatic ring is 1. The van der Waals surface area contributed by atoms with E-state index >= 15 is 0 Å². The van der Waals surface area contributed by atoms with Gasteiger partial charge in [-0.05, 0) is 23.8 Å². The predicted molar refractivity (Wildman–Crippen MR) is 95.8 cm³/mol. The average Bonchev–Trinajstić information content (AvgIpc) is 2.62. The number of rotatable bonds is 4. The van der Waals surface area contributed by atoms with Crippen LogP contribution in [-0.2, 0) is 19.6 Å². The van der Waals surface area contributed by atoms with Gasteiger partial charge in [0.25, 0.3) is 0 Å². The van der Waals surface area contributed by atoms with Gasteiger partial charge < -0.3 is 15.8 Å². The molecule has 0 atom stereocenters. The molecule has 138 valence electrons. The van der Waals surface area contributed by atoms with Crippen molar-refractivity contribution in [3.63, 3.8) is 0 Å². The van der Waals surface area contributed by atoms with Gasteiger partial charge >= 0.3 is 0 Å². The number of pyridine rings is 2. The van der Waals surface area contributed by atoms with Crippen molar-refractivity contribution in [3.8, 4) is 11.1 Å². The van der Waals surface area contributed by atoms with Gasteiger partial charge in [-0.25, -0.2) is 18.4 Å². The molecular weight excluding hydrogens is 358 g/mol. The Balaban J connectivity index is 1.99. The van der Waals surface area contributed by atoms with Crippen molar-refractivity contribution in [3.05, 3.63) is 30.6 Å². The number of nitrogens with one attached hydrogen (secondary N) is 1. The second-order valence-electron chi connectivity index (χ2n) is 5.73. The van der Waals surface area contributed by atoms with Crippen LogP contribution < -0.4 is 11.1 Å². The van der Waals surface area contributed by atoms with Gasteiger partial charge in [0.05, 0.1) is 13.2 Å². The summed E-state index contributed by atoms with van der Waals surface area (Å²) in [6.45, 7) is 2.61. The quantitative estimate of drug-likeness (QED) is 0.803. The van der Waals surface area contributed by atoms with Crippen molar-refractivity contribution in [2.75, 3.05) is 37.4 Å². The van der Waals surface area contributed by atoms with Crippen LogP contribution in [0.15, 0.2) is 35.5 Å². The van der Waals surface area contributed by atoms with E-state index in [9.17, 15) is 13.2 Å². The Morgan fingerprint density at radius 1 is 1.23 bits per heavy atom. The number of carbonyl (C=O) groups excluding carboxylic acids is 1. The Kier molecular flexibility index (Phi) is 5.16. The number of sulfonamides is 1. The number of nitrogens with zero attached hydrogens (tertiary/aromatic N) is 3. The molecule has 0 radical (unpaired) electrons. The van der Waals surface area contributed by atoms with Crippen LogP contribution in [0.4, 0.5) is 11.6 Å². The van der Waals surface area contributed by atoms with Gasteiger partial charge in [0.2, 0.25) is 15.9 Å². The van der Waals surface area contributed by atoms with E-state index in [1.54, 1.807) is 12.1 Å². The highest BCUT2D eigenvalue weighted by Gasteiger charge is 2.29. The van der Waals surface area contributed by atoms with Crippen LogP contribution in [0, 0.1) is 0 Å². The van der Waals surface area contributed by atoms with Crippen LogP contribution in [-0.4, -0.2) is 54.9 Å². The number of morpholine rings is 1. The molecule has 2 aromatic rings. The van der Waals surface area contributed by atoms with Gasteiger partial charge in [0.15, 0.2) is 0 Å². The van der Waals surface area contributed by atoms with E-state index in [0.29, 0.717) is 30.2 Å². The number of hydrogen-bond donors (Lipinski definition) is 2. The number of aromatic nitrogens is 2. The van der Waals surface area contributed by atoms with Crippen molar-refractivity contribution in [2.45, 2.75) is 11.8 Å². The molecule has 1 aliphatic rings. The first kappa shape index (κ1) is 18.2. The first-order valence-corrected chi connectivity index (χ1v) is 9.39. The van der Waals surface area contributed by atoms with Crippen LogP contribution in [0.1, 0.15) is 6.92 Å². The van der Waals surface area contributed by atoms with E-state index in [1.165, 1.54) is 29.7 Å². The Morgan fingerprint density at radius 3 is 2.65 bits per heavy atom. The Bertz CT molecular complexity index is 926. The summed E-state index contributed by atoms with van der Waals surface area (Å²) < 4.78 is 32.3. The lowest BCUT2D eigenvalue weighted by atomic mass is 10.1. The normalized spacial score (nSPS) is 15.6. The molecule has 1 amide bonds. The largest absolute Gasteiger partial charge is 0.383 e. The summed E-state index contributed by atoms with van der Waals surface area (Å²) in [6, 6.07) is 4.82. The highest BCUT2D eigenvalue weighted by Crippen LogP contribution is 2.28. The molecule has 10 heteroatoms. The third-order valence-corrected chi connectivity index (χ3v) is 5.79. The van der Waals surface area contributed by atoms with Gasteiger partial charge in [0, 0.05) is 38.0 Å². The Hall–Kier alpha value is -2.56. The lowest BCUT2D eigenvalue weighted by Gasteiger charge is -2.26. The number of anilines is 2. The molecule has 1 saturated heterocycles. The molecule has 0 unspecified atom stereocenters. The van der Waals surface area contributed by atoms with Crippen molar-refractivity contribution in [1.82, 2.24) is 14.3 Å². The average molecular weight is 377 g/mol. The van der Waals surface area contributed by atoms with Crippen LogP contribution in [0.25, 0.3) is 11.1 Å². The number of nitrogens with two attached hydrogens (primary N) is 1. The van der Waals surface area contributed by atoms with Gasteiger partial charge in [-0.15, -0.1) is 0 Å². The summed E-state index contributed by atoms with van der Waals surface area (Å²) in [5.74, 6) is 0.0569. The monoisotopic (exact) mass is 377 g/mol. The second-order valence-corrected chi connectivity index (χ2v) is 7.64. The zero-order valence-electron chi connectivity index (χ0n) is 14.2. The zero-order valence-corrected chi connectivity index (χ0v) is 15.0. The fourth-order valence-electron chi connectivity index (χ4n) is 2.60. The van der Waals surface area contributed by atoms with Gasteiger partial charge in [-0.1, -0.05) is 0 Å². The van der Waals surface area contributed by atoms with Crippen LogP contribution in [0.2, 0.25) is 0 Å². The molecule has 3 rings (SSSR count). The lowest BCUT2D eigenvalue weighted by molar-refractivity contribution is -0.114. The zero-order chi connectivity index (χ0) is 18.7. The standard InChI is InChI=1S/C16H19N5O4S/c1-11(22)20-15-9-12(2-3-18-15)13-8-14(16(17)19-10-13)26(23,24)21-4-6-25-7-5-21/h2-3,8-10H,4-7H2,1H3,(H2,17,19)(H,18,20,22). The molecule has 0 saturated carbocycles. The maximum absolute atomic E-state index is 12.9. The molecule has 26 heavy (non-hydrogen) atoms. The van der Waals surface area contributed by atoms with E-state index < -0.39 is 10.0 Å². The summed E-state index contributed by atoms with van der Waals surface area (Å²) in [6.07, 6.45) is 3.01. The lowest BCUT2D eigenvalue weighted by Crippen LogP contribution is -2.40. The van der Waals surface area contributed by atoms with Crippen molar-refractivity contribution in [2.24, 2.45) is 0 Å². The van der Waals surface area contributed by atoms with Crippen LogP contribution >= 0.6 is 0 Å². The smallest absolute Gasteiger partial charge is 0.246 e. The predicted octanol–water partition coefficient (Wildman–Crippen LogP) is 0.705. The molecular formula is C16H19N5O4S. The molecule has 0 bridgehead atoms. The first-order valence-electron chi connectivity index (χ1n) is 7.95. The fraction of sp³-hybridized carbons (Fsp3) is 0.312. The fourth-order valence-corrected chi connectivity index (χ4v) is 4.11. The number of hydrogen-bond acceptors (Lipinski definition) is 7. The Morgan fingerprint density at radius 2 is 1.96 bits per heavy atom. The van der Waals surface area contributed by atoms with Gasteiger partial charge in [-0.3, -0.25) is 4.79 Å². The molecule has 0 spiro atoms. The van der Waals surface area contributed by atoms with E-state index in [1.807, 2.05) is 0 Å². The first-order chi connectivity index (χ1) is 12.4. The summed E-state index contributed by atoms with van der Waals surface area (Å²) in [4.78, 5) is 19.2. The summed E-state index contributed by atoms with van der Waals surface area (Å²) in [5.41, 5.74) is 7.06. The molecule has 1 fully saturated rings. The third kappa shape index (κ3) is 3.82. The topological polar surface area (TPSA) is 128 Å². The van der Waals surface area contributed by atoms with E-state index in [0.717, 1.165) is 0 Å². The minimum Gasteiger partial charge on any atom is -0.383 e. The van der Waals surface area contributed by atoms with Crippen molar-refractivity contribution >= 4 is 27.6 Å². The molecule has 0 aliphatic carbocycles. The summed E-state index contributed by atoms with van der Waals surface area (Å²) in [5, 5.41) is 2.59. The number of amides is 1. The summed E-state index contributed by atoms with van der Waals surface area (Å²) >= 11 is 0. The Labute approximate surface area is 151 Å². The van der Waals surface area contributed by atoms with E-state index in [-0.39, 0.29) is 29.7 Å². The third-order valence-electron chi connectivity index (χ3n) is 3.87. The van der Waals surface area contributed by atoms with E-state index in [2.05, 4.69) is 15.3 Å². The maximum Gasteiger partial charge on any atom is 0.246 e. The SMILES string of the molecule is CC(=O)Nc1cc(-c2cnc(N)c(S(=O)(=O)N3CCOCC3)c2)ccn1. The van der Waals surface area contributed by atoms with Crippen molar-refractivity contribution in [1.29, 1.82) is 0 Å². The van der Waals surface area contributed by atoms with Crippen molar-refractivity contribution < 1.29 is 17.9 Å². The maximum atomic E-state index is 12.9. The second kappa shape index (κ2) is 7.36. The van der Waals surface area contributed by atoms with Gasteiger partial charge in [-0.2, -0.15) is 4.31 Å². The highest BCUT2D eigenvalue weighted by atomic mass is 32.2. The molecule has 9 nitrogen and oxygen atoms in total. The summed E-state index contributed by atoms with van der Waals surface area (Å²) in [7, 11) is -3.77. The minimum atomic E-state index is -3.77. The number of ether oxygens (including phenoxy) is 1. The van der Waals surface area contributed by atoms with Crippen LogP contribution in [0.5, 0.6) is 0 Å². The molecule has 3 heterocycles. The molecule has 2 aromatic heterocycles.